The van der Waals surface area contributed by atoms with Crippen molar-refractivity contribution in [2.75, 3.05) is 6.61 Å². The average Bonchev–Trinajstić information content (AvgIpc) is 2.80. The highest BCUT2D eigenvalue weighted by molar-refractivity contribution is 6.30. The molecule has 2 aromatic rings. The van der Waals surface area contributed by atoms with E-state index in [0.717, 1.165) is 5.82 Å². The number of nitrogens with two attached hydrogens (primary N) is 1. The first kappa shape index (κ1) is 13.8. The van der Waals surface area contributed by atoms with Gasteiger partial charge in [0.15, 0.2) is 0 Å². The van der Waals surface area contributed by atoms with E-state index < -0.39 is 0 Å². The van der Waals surface area contributed by atoms with Crippen molar-refractivity contribution in [3.05, 3.63) is 41.4 Å². The molecule has 0 aliphatic carbocycles. The molecule has 3 N–H and O–H groups in total. The van der Waals surface area contributed by atoms with Crippen LogP contribution in [0.1, 0.15) is 5.82 Å². The van der Waals surface area contributed by atoms with Gasteiger partial charge in [0.25, 0.3) is 0 Å². The number of nitrogens with zero attached hydrogens (tertiary/aromatic N) is 3. The van der Waals surface area contributed by atoms with Gasteiger partial charge in [-0.3, -0.25) is 16.0 Å². The molecule has 1 aromatic carbocycles. The van der Waals surface area contributed by atoms with Crippen LogP contribution in [0, 0.1) is 0 Å². The van der Waals surface area contributed by atoms with E-state index in [-0.39, 0.29) is 6.04 Å². The molecule has 0 radical (unpaired) electrons. The maximum atomic E-state index is 5.89. The third kappa shape index (κ3) is 3.92. The summed E-state index contributed by atoms with van der Waals surface area (Å²) >= 11 is 5.89. The van der Waals surface area contributed by atoms with Gasteiger partial charge in [0.2, 0.25) is 0 Å². The van der Waals surface area contributed by atoms with Crippen molar-refractivity contribution in [1.82, 2.24) is 20.2 Å². The van der Waals surface area contributed by atoms with E-state index in [9.17, 15) is 0 Å². The van der Waals surface area contributed by atoms with Gasteiger partial charge in [-0.15, -0.1) is 0 Å². The van der Waals surface area contributed by atoms with Crippen LogP contribution in [-0.4, -0.2) is 27.4 Å². The third-order valence-corrected chi connectivity index (χ3v) is 2.95. The Labute approximate surface area is 116 Å². The lowest BCUT2D eigenvalue weighted by Gasteiger charge is -2.16. The van der Waals surface area contributed by atoms with Crippen molar-refractivity contribution in [3.8, 4) is 5.75 Å². The zero-order valence-corrected chi connectivity index (χ0v) is 11.3. The molecule has 0 saturated heterocycles. The molecule has 6 nitrogen and oxygen atoms in total. The molecule has 102 valence electrons. The Morgan fingerprint density at radius 1 is 1.53 bits per heavy atom. The zero-order valence-electron chi connectivity index (χ0n) is 10.6. The summed E-state index contributed by atoms with van der Waals surface area (Å²) in [6, 6.07) is 7.19. The van der Waals surface area contributed by atoms with Gasteiger partial charge in [-0.05, 0) is 18.2 Å². The highest BCUT2D eigenvalue weighted by atomic mass is 35.5. The van der Waals surface area contributed by atoms with E-state index >= 15 is 0 Å². The topological polar surface area (TPSA) is 78.0 Å². The number of ether oxygens (including phenoxy) is 1. The van der Waals surface area contributed by atoms with Crippen molar-refractivity contribution < 1.29 is 4.74 Å². The number of aryl methyl sites for hydroxylation is 1. The summed E-state index contributed by atoms with van der Waals surface area (Å²) in [5, 5.41) is 4.65. The summed E-state index contributed by atoms with van der Waals surface area (Å²) in [5.41, 5.74) is 2.71. The summed E-state index contributed by atoms with van der Waals surface area (Å²) < 4.78 is 7.36. The Kier molecular flexibility index (Phi) is 4.73. The number of hydrogen-bond acceptors (Lipinski definition) is 5. The first-order valence-corrected chi connectivity index (χ1v) is 6.24. The number of hydrogen-bond donors (Lipinski definition) is 2. The Hall–Kier alpha value is -1.63. The number of halogens is 1. The summed E-state index contributed by atoms with van der Waals surface area (Å²) in [5.74, 6) is 7.08. The first-order chi connectivity index (χ1) is 9.19. The highest BCUT2D eigenvalue weighted by Crippen LogP contribution is 2.17. The van der Waals surface area contributed by atoms with E-state index in [2.05, 4.69) is 15.5 Å². The summed E-state index contributed by atoms with van der Waals surface area (Å²) in [6.07, 6.45) is 2.15. The maximum absolute atomic E-state index is 5.89. The number of nitrogens with one attached hydrogen (secondary N) is 1. The van der Waals surface area contributed by atoms with E-state index in [1.807, 2.05) is 19.2 Å². The Morgan fingerprint density at radius 3 is 3.00 bits per heavy atom. The Morgan fingerprint density at radius 2 is 2.37 bits per heavy atom. The van der Waals surface area contributed by atoms with Crippen molar-refractivity contribution in [1.29, 1.82) is 0 Å². The first-order valence-electron chi connectivity index (χ1n) is 5.86. The summed E-state index contributed by atoms with van der Waals surface area (Å²) in [7, 11) is 1.84. The molecule has 0 aliphatic rings. The minimum absolute atomic E-state index is 0.0538. The van der Waals surface area contributed by atoms with Gasteiger partial charge in [-0.2, -0.15) is 5.10 Å². The Bertz CT molecular complexity index is 530. The third-order valence-electron chi connectivity index (χ3n) is 2.72. The molecule has 0 amide bonds. The SMILES string of the molecule is Cn1ncnc1CC(COc1cccc(Cl)c1)NN. The second-order valence-electron chi connectivity index (χ2n) is 4.14. The number of hydrazine groups is 1. The number of aromatic nitrogens is 3. The van der Waals surface area contributed by atoms with E-state index in [1.165, 1.54) is 6.33 Å². The van der Waals surface area contributed by atoms with Crippen LogP contribution in [0.5, 0.6) is 5.75 Å². The van der Waals surface area contributed by atoms with Crippen molar-refractivity contribution in [3.63, 3.8) is 0 Å². The second-order valence-corrected chi connectivity index (χ2v) is 4.57. The zero-order chi connectivity index (χ0) is 13.7. The van der Waals surface area contributed by atoms with Crippen LogP contribution in [0.2, 0.25) is 5.02 Å². The van der Waals surface area contributed by atoms with Gasteiger partial charge in [0.05, 0.1) is 6.04 Å². The van der Waals surface area contributed by atoms with E-state index in [0.29, 0.717) is 23.8 Å². The lowest BCUT2D eigenvalue weighted by Crippen LogP contribution is -2.41. The van der Waals surface area contributed by atoms with Crippen LogP contribution < -0.4 is 16.0 Å². The molecule has 2 rings (SSSR count). The van der Waals surface area contributed by atoms with Crippen LogP contribution in [0.25, 0.3) is 0 Å². The lowest BCUT2D eigenvalue weighted by molar-refractivity contribution is 0.261. The molecule has 0 spiro atoms. The predicted molar refractivity (Wildman–Crippen MR) is 72.8 cm³/mol. The molecule has 0 bridgehead atoms. The molecule has 7 heteroatoms. The lowest BCUT2D eigenvalue weighted by atomic mass is 10.2. The van der Waals surface area contributed by atoms with E-state index in [1.54, 1.807) is 16.8 Å². The van der Waals surface area contributed by atoms with Crippen LogP contribution in [0.3, 0.4) is 0 Å². The van der Waals surface area contributed by atoms with Gasteiger partial charge >= 0.3 is 0 Å². The predicted octanol–water partition coefficient (Wildman–Crippen LogP) is 0.922. The van der Waals surface area contributed by atoms with Crippen molar-refractivity contribution in [2.24, 2.45) is 12.9 Å². The van der Waals surface area contributed by atoms with Crippen molar-refractivity contribution in [2.45, 2.75) is 12.5 Å². The van der Waals surface area contributed by atoms with Gasteiger partial charge in [-0.1, -0.05) is 17.7 Å². The van der Waals surface area contributed by atoms with E-state index in [4.69, 9.17) is 22.2 Å². The fraction of sp³-hybridized carbons (Fsp3) is 0.333. The molecule has 1 aromatic heterocycles. The molecule has 0 fully saturated rings. The quantitative estimate of drug-likeness (QED) is 0.608. The molecule has 0 aliphatic heterocycles. The summed E-state index contributed by atoms with van der Waals surface area (Å²) in [4.78, 5) is 4.15. The van der Waals surface area contributed by atoms with Crippen LogP contribution in [0.15, 0.2) is 30.6 Å². The molecule has 1 atom stereocenters. The fourth-order valence-electron chi connectivity index (χ4n) is 1.64. The van der Waals surface area contributed by atoms with Crippen molar-refractivity contribution >= 4 is 11.6 Å². The number of benzene rings is 1. The Balaban J connectivity index is 1.91. The smallest absolute Gasteiger partial charge is 0.138 e. The minimum Gasteiger partial charge on any atom is -0.492 e. The standard InChI is InChI=1S/C12H16ClN5O/c1-18-12(15-8-16-18)6-10(17-14)7-19-11-4-2-3-9(13)5-11/h2-5,8,10,17H,6-7,14H2,1H3. The van der Waals surface area contributed by atoms with Gasteiger partial charge in [-0.25, -0.2) is 4.98 Å². The minimum atomic E-state index is -0.0538. The normalized spacial score (nSPS) is 12.4. The maximum Gasteiger partial charge on any atom is 0.138 e. The van der Waals surface area contributed by atoms with Crippen LogP contribution >= 0.6 is 11.6 Å². The van der Waals surface area contributed by atoms with Crippen LogP contribution in [0.4, 0.5) is 0 Å². The number of rotatable bonds is 6. The largest absolute Gasteiger partial charge is 0.492 e. The van der Waals surface area contributed by atoms with Gasteiger partial charge in [0, 0.05) is 18.5 Å². The molecular formula is C12H16ClN5O. The molecule has 1 heterocycles. The fourth-order valence-corrected chi connectivity index (χ4v) is 1.83. The second kappa shape index (κ2) is 6.51. The monoisotopic (exact) mass is 281 g/mol. The average molecular weight is 282 g/mol. The molecular weight excluding hydrogens is 266 g/mol. The molecule has 1 unspecified atom stereocenters. The highest BCUT2D eigenvalue weighted by Gasteiger charge is 2.12. The van der Waals surface area contributed by atoms with Crippen LogP contribution in [-0.2, 0) is 13.5 Å². The molecule has 19 heavy (non-hydrogen) atoms. The van der Waals surface area contributed by atoms with Gasteiger partial charge < -0.3 is 4.74 Å². The molecule has 0 saturated carbocycles. The summed E-state index contributed by atoms with van der Waals surface area (Å²) in [6.45, 7) is 0.420. The van der Waals surface area contributed by atoms with Gasteiger partial charge in [0.1, 0.15) is 24.5 Å².